The number of piperazine rings is 1. The smallest absolute Gasteiger partial charge is 0.245 e. The van der Waals surface area contributed by atoms with Gasteiger partial charge in [0.25, 0.3) is 0 Å². The molecule has 1 aromatic heterocycles. The highest BCUT2D eigenvalue weighted by atomic mass is 32.2. The Morgan fingerprint density at radius 2 is 1.96 bits per heavy atom. The zero-order valence-electron chi connectivity index (χ0n) is 14.2. The number of pyridine rings is 1. The molecule has 25 heavy (non-hydrogen) atoms. The number of hydrogen-bond donors (Lipinski definition) is 1. The third-order valence-corrected chi connectivity index (χ3v) is 6.31. The zero-order chi connectivity index (χ0) is 18.0. The van der Waals surface area contributed by atoms with Crippen LogP contribution in [0.3, 0.4) is 0 Å². The maximum atomic E-state index is 13.1. The monoisotopic (exact) mass is 362 g/mol. The fourth-order valence-electron chi connectivity index (χ4n) is 3.05. The first-order valence-corrected chi connectivity index (χ1v) is 9.71. The van der Waals surface area contributed by atoms with E-state index in [4.69, 9.17) is 5.73 Å². The summed E-state index contributed by atoms with van der Waals surface area (Å²) >= 11 is 0. The highest BCUT2D eigenvalue weighted by molar-refractivity contribution is 7.89. The Balaban J connectivity index is 1.85. The topological polar surface area (TPSA) is 96.6 Å². The van der Waals surface area contributed by atoms with Crippen molar-refractivity contribution in [3.05, 3.63) is 36.0 Å². The minimum absolute atomic E-state index is 0.0261. The summed E-state index contributed by atoms with van der Waals surface area (Å²) in [5.41, 5.74) is 6.87. The molecule has 0 aliphatic carbocycles. The lowest BCUT2D eigenvalue weighted by atomic mass is 10.2. The van der Waals surface area contributed by atoms with E-state index in [1.54, 1.807) is 23.2 Å². The van der Waals surface area contributed by atoms with Crippen molar-refractivity contribution < 1.29 is 13.2 Å². The standard InChI is InChI=1S/C17H22N4O3S/c1-13-11-14-3-2-4-15(17(14)19-12-13)25(23,24)21-9-7-20(8-10-21)16(22)5-6-18/h2-4,11-12H,5-10,18H2,1H3. The number of fused-ring (bicyclic) bond motifs is 1. The minimum atomic E-state index is -3.65. The average Bonchev–Trinajstić information content (AvgIpc) is 2.61. The number of hydrogen-bond acceptors (Lipinski definition) is 5. The van der Waals surface area contributed by atoms with E-state index in [1.807, 2.05) is 19.1 Å². The van der Waals surface area contributed by atoms with Crippen LogP contribution >= 0.6 is 0 Å². The molecule has 134 valence electrons. The molecular formula is C17H22N4O3S. The summed E-state index contributed by atoms with van der Waals surface area (Å²) in [4.78, 5) is 18.1. The molecule has 3 rings (SSSR count). The van der Waals surface area contributed by atoms with E-state index in [-0.39, 0.29) is 23.9 Å². The molecule has 1 aliphatic rings. The van der Waals surface area contributed by atoms with Crippen LogP contribution in [-0.4, -0.2) is 61.2 Å². The number of aromatic nitrogens is 1. The molecule has 1 aliphatic heterocycles. The quantitative estimate of drug-likeness (QED) is 0.865. The predicted octanol–water partition coefficient (Wildman–Crippen LogP) is 0.725. The number of rotatable bonds is 4. The Labute approximate surface area is 147 Å². The Morgan fingerprint density at radius 3 is 2.64 bits per heavy atom. The van der Waals surface area contributed by atoms with Gasteiger partial charge in [-0.05, 0) is 24.6 Å². The number of para-hydroxylation sites is 1. The van der Waals surface area contributed by atoms with Crippen LogP contribution in [0.4, 0.5) is 0 Å². The third kappa shape index (κ3) is 3.51. The molecule has 0 radical (unpaired) electrons. The van der Waals surface area contributed by atoms with Crippen LogP contribution in [0.25, 0.3) is 10.9 Å². The molecule has 0 saturated carbocycles. The fraction of sp³-hybridized carbons (Fsp3) is 0.412. The number of nitrogens with two attached hydrogens (primary N) is 1. The first kappa shape index (κ1) is 17.8. The van der Waals surface area contributed by atoms with Crippen LogP contribution in [0, 0.1) is 6.92 Å². The van der Waals surface area contributed by atoms with Gasteiger partial charge in [-0.15, -0.1) is 0 Å². The second-order valence-corrected chi connectivity index (χ2v) is 8.07. The number of carbonyl (C=O) groups is 1. The van der Waals surface area contributed by atoms with Gasteiger partial charge in [0, 0.05) is 50.7 Å². The lowest BCUT2D eigenvalue weighted by Gasteiger charge is -2.34. The summed E-state index contributed by atoms with van der Waals surface area (Å²) in [5.74, 6) is -0.0261. The normalized spacial score (nSPS) is 16.3. The number of benzene rings is 1. The van der Waals surface area contributed by atoms with Crippen molar-refractivity contribution in [3.63, 3.8) is 0 Å². The van der Waals surface area contributed by atoms with Crippen LogP contribution in [0.5, 0.6) is 0 Å². The number of amides is 1. The van der Waals surface area contributed by atoms with Gasteiger partial charge >= 0.3 is 0 Å². The van der Waals surface area contributed by atoms with E-state index in [0.29, 0.717) is 31.6 Å². The van der Waals surface area contributed by atoms with Crippen molar-refractivity contribution in [2.45, 2.75) is 18.2 Å². The van der Waals surface area contributed by atoms with Gasteiger partial charge in [0.05, 0.1) is 5.52 Å². The van der Waals surface area contributed by atoms with Crippen molar-refractivity contribution in [1.82, 2.24) is 14.2 Å². The summed E-state index contributed by atoms with van der Waals surface area (Å²) < 4.78 is 27.5. The van der Waals surface area contributed by atoms with Gasteiger partial charge in [-0.3, -0.25) is 9.78 Å². The first-order chi connectivity index (χ1) is 11.9. The Bertz CT molecular complexity index is 890. The lowest BCUT2D eigenvalue weighted by Crippen LogP contribution is -2.50. The number of nitrogens with zero attached hydrogens (tertiary/aromatic N) is 3. The van der Waals surface area contributed by atoms with E-state index in [0.717, 1.165) is 10.9 Å². The molecule has 0 bridgehead atoms. The predicted molar refractivity (Wildman–Crippen MR) is 95.5 cm³/mol. The first-order valence-electron chi connectivity index (χ1n) is 8.27. The van der Waals surface area contributed by atoms with Gasteiger partial charge in [0.15, 0.2) is 0 Å². The van der Waals surface area contributed by atoms with E-state index >= 15 is 0 Å². The van der Waals surface area contributed by atoms with Gasteiger partial charge in [0.1, 0.15) is 4.90 Å². The summed E-state index contributed by atoms with van der Waals surface area (Å²) in [6, 6.07) is 7.10. The molecule has 2 N–H and O–H groups in total. The Hall–Kier alpha value is -2.03. The third-order valence-electron chi connectivity index (χ3n) is 4.38. The average molecular weight is 362 g/mol. The number of sulfonamides is 1. The Kier molecular flexibility index (Phi) is 5.03. The van der Waals surface area contributed by atoms with Crippen molar-refractivity contribution in [1.29, 1.82) is 0 Å². The SMILES string of the molecule is Cc1cnc2c(S(=O)(=O)N3CCN(C(=O)CCN)CC3)cccc2c1. The molecule has 0 atom stereocenters. The zero-order valence-corrected chi connectivity index (χ0v) is 15.0. The van der Waals surface area contributed by atoms with Gasteiger partial charge < -0.3 is 10.6 Å². The maximum Gasteiger partial charge on any atom is 0.245 e. The number of carbonyl (C=O) groups excluding carboxylic acids is 1. The molecule has 1 aromatic carbocycles. The molecule has 1 fully saturated rings. The largest absolute Gasteiger partial charge is 0.340 e. The molecule has 0 unspecified atom stereocenters. The molecule has 2 heterocycles. The molecule has 7 nitrogen and oxygen atoms in total. The molecule has 0 spiro atoms. The molecule has 1 amide bonds. The van der Waals surface area contributed by atoms with Crippen LogP contribution < -0.4 is 5.73 Å². The maximum absolute atomic E-state index is 13.1. The highest BCUT2D eigenvalue weighted by Gasteiger charge is 2.31. The molecule has 8 heteroatoms. The van der Waals surface area contributed by atoms with Gasteiger partial charge in [0.2, 0.25) is 15.9 Å². The van der Waals surface area contributed by atoms with E-state index in [1.165, 1.54) is 4.31 Å². The van der Waals surface area contributed by atoms with E-state index in [9.17, 15) is 13.2 Å². The van der Waals surface area contributed by atoms with Crippen molar-refractivity contribution >= 4 is 26.8 Å². The van der Waals surface area contributed by atoms with Crippen molar-refractivity contribution in [2.75, 3.05) is 32.7 Å². The molecule has 2 aromatic rings. The lowest BCUT2D eigenvalue weighted by molar-refractivity contribution is -0.132. The second-order valence-electron chi connectivity index (χ2n) is 6.16. The van der Waals surface area contributed by atoms with Gasteiger partial charge in [-0.1, -0.05) is 12.1 Å². The van der Waals surface area contributed by atoms with Crippen molar-refractivity contribution in [3.8, 4) is 0 Å². The van der Waals surface area contributed by atoms with Gasteiger partial charge in [-0.25, -0.2) is 8.42 Å². The number of aryl methyl sites for hydroxylation is 1. The minimum Gasteiger partial charge on any atom is -0.340 e. The van der Waals surface area contributed by atoms with E-state index in [2.05, 4.69) is 4.98 Å². The van der Waals surface area contributed by atoms with Crippen LogP contribution in [0.1, 0.15) is 12.0 Å². The van der Waals surface area contributed by atoms with Crippen LogP contribution in [0.15, 0.2) is 35.4 Å². The van der Waals surface area contributed by atoms with Crippen LogP contribution in [-0.2, 0) is 14.8 Å². The van der Waals surface area contributed by atoms with Crippen LogP contribution in [0.2, 0.25) is 0 Å². The molecule has 1 saturated heterocycles. The second kappa shape index (κ2) is 7.07. The van der Waals surface area contributed by atoms with Gasteiger partial charge in [-0.2, -0.15) is 4.31 Å². The fourth-order valence-corrected chi connectivity index (χ4v) is 4.64. The summed E-state index contributed by atoms with van der Waals surface area (Å²) in [6.45, 7) is 3.55. The summed E-state index contributed by atoms with van der Waals surface area (Å²) in [6.07, 6.45) is 1.96. The van der Waals surface area contributed by atoms with Crippen molar-refractivity contribution in [2.24, 2.45) is 5.73 Å². The molecular weight excluding hydrogens is 340 g/mol. The Morgan fingerprint density at radius 1 is 1.24 bits per heavy atom. The van der Waals surface area contributed by atoms with E-state index < -0.39 is 10.0 Å². The summed E-state index contributed by atoms with van der Waals surface area (Å²) in [7, 11) is -3.65. The summed E-state index contributed by atoms with van der Waals surface area (Å²) in [5, 5.41) is 0.804. The highest BCUT2D eigenvalue weighted by Crippen LogP contribution is 2.25.